The molecule has 1 saturated heterocycles. The number of aromatic nitrogens is 4. The summed E-state index contributed by atoms with van der Waals surface area (Å²) in [5, 5.41) is 17.4. The fourth-order valence-electron chi connectivity index (χ4n) is 5.08. The van der Waals surface area contributed by atoms with Crippen molar-refractivity contribution in [3.05, 3.63) is 29.8 Å². The largest absolute Gasteiger partial charge is 0.376 e. The Hall–Kier alpha value is -2.32. The van der Waals surface area contributed by atoms with Gasteiger partial charge < -0.3 is 10.1 Å². The Labute approximate surface area is 176 Å². The lowest BCUT2D eigenvalue weighted by Crippen LogP contribution is -2.50. The van der Waals surface area contributed by atoms with Crippen LogP contribution in [0.2, 0.25) is 0 Å². The molecule has 8 nitrogen and oxygen atoms in total. The van der Waals surface area contributed by atoms with Crippen LogP contribution in [0.3, 0.4) is 0 Å². The molecule has 2 heterocycles. The van der Waals surface area contributed by atoms with Crippen LogP contribution in [0.25, 0.3) is 11.4 Å². The highest BCUT2D eigenvalue weighted by molar-refractivity contribution is 5.73. The molecule has 0 unspecified atom stereocenters. The van der Waals surface area contributed by atoms with Crippen molar-refractivity contribution < 1.29 is 9.53 Å². The lowest BCUT2D eigenvalue weighted by molar-refractivity contribution is -0.122. The maximum absolute atomic E-state index is 11.7. The monoisotopic (exact) mass is 410 g/mol. The minimum atomic E-state index is 0.0509. The predicted octanol–water partition coefficient (Wildman–Crippen LogP) is 2.01. The van der Waals surface area contributed by atoms with E-state index in [1.807, 2.05) is 0 Å². The first-order valence-corrected chi connectivity index (χ1v) is 11.1. The predicted molar refractivity (Wildman–Crippen MR) is 111 cm³/mol. The van der Waals surface area contributed by atoms with Crippen molar-refractivity contribution in [2.45, 2.75) is 51.3 Å². The molecule has 160 valence electrons. The summed E-state index contributed by atoms with van der Waals surface area (Å²) in [4.78, 5) is 14.3. The summed E-state index contributed by atoms with van der Waals surface area (Å²) in [6.07, 6.45) is 4.82. The minimum Gasteiger partial charge on any atom is -0.376 e. The van der Waals surface area contributed by atoms with Crippen LogP contribution in [-0.4, -0.2) is 63.3 Å². The molecule has 2 saturated carbocycles. The maximum Gasteiger partial charge on any atom is 0.217 e. The molecule has 2 aromatic rings. The van der Waals surface area contributed by atoms with E-state index in [0.29, 0.717) is 17.7 Å². The average Bonchev–Trinajstić information content (AvgIpc) is 3.23. The number of aromatic amines is 1. The molecule has 1 aromatic carbocycles. The number of hydrogen-bond donors (Lipinski definition) is 2. The Morgan fingerprint density at radius 1 is 1.20 bits per heavy atom. The number of fused-ring (bicyclic) bond motifs is 1. The maximum atomic E-state index is 11.7. The van der Waals surface area contributed by atoms with Crippen molar-refractivity contribution in [3.8, 4) is 11.4 Å². The first-order valence-electron chi connectivity index (χ1n) is 11.1. The number of ether oxygens (including phenoxy) is 1. The number of likely N-dealkylation sites (tertiary alicyclic amines) is 1. The number of amides is 1. The van der Waals surface area contributed by atoms with Gasteiger partial charge in [0.1, 0.15) is 0 Å². The average molecular weight is 411 g/mol. The molecule has 2 N–H and O–H groups in total. The molecule has 4 atom stereocenters. The fourth-order valence-corrected chi connectivity index (χ4v) is 5.08. The summed E-state index contributed by atoms with van der Waals surface area (Å²) in [6, 6.07) is 8.55. The zero-order chi connectivity index (χ0) is 20.5. The van der Waals surface area contributed by atoms with Crippen LogP contribution in [0.1, 0.15) is 38.2 Å². The SMILES string of the molecule is CC(=O)N[C@@H]1C[C@@H]2CN(Cc3ccc(-c4nn[nH]n4)cc3)C[C@@H]2C[C@H]1OCC1CC1. The Balaban J connectivity index is 1.20. The van der Waals surface area contributed by atoms with E-state index in [0.717, 1.165) is 50.6 Å². The summed E-state index contributed by atoms with van der Waals surface area (Å²) in [7, 11) is 0. The molecule has 30 heavy (non-hydrogen) atoms. The van der Waals surface area contributed by atoms with Crippen LogP contribution in [0.4, 0.5) is 0 Å². The first kappa shape index (κ1) is 19.6. The van der Waals surface area contributed by atoms with Crippen LogP contribution in [-0.2, 0) is 16.1 Å². The number of carbonyl (C=O) groups is 1. The van der Waals surface area contributed by atoms with Crippen molar-refractivity contribution in [1.29, 1.82) is 0 Å². The number of rotatable bonds is 7. The van der Waals surface area contributed by atoms with Crippen molar-refractivity contribution in [2.75, 3.05) is 19.7 Å². The highest BCUT2D eigenvalue weighted by Crippen LogP contribution is 2.39. The van der Waals surface area contributed by atoms with Gasteiger partial charge >= 0.3 is 0 Å². The molecule has 8 heteroatoms. The Kier molecular flexibility index (Phi) is 5.52. The van der Waals surface area contributed by atoms with Crippen LogP contribution in [0.15, 0.2) is 24.3 Å². The van der Waals surface area contributed by atoms with Gasteiger partial charge in [0.2, 0.25) is 11.7 Å². The van der Waals surface area contributed by atoms with Gasteiger partial charge in [-0.3, -0.25) is 9.69 Å². The second kappa shape index (κ2) is 8.43. The van der Waals surface area contributed by atoms with Gasteiger partial charge in [0.05, 0.1) is 12.1 Å². The number of benzene rings is 1. The Morgan fingerprint density at radius 3 is 2.63 bits per heavy atom. The second-order valence-corrected chi connectivity index (χ2v) is 9.24. The van der Waals surface area contributed by atoms with Gasteiger partial charge in [-0.2, -0.15) is 5.21 Å². The third kappa shape index (κ3) is 4.54. The van der Waals surface area contributed by atoms with Gasteiger partial charge in [-0.15, -0.1) is 10.2 Å². The molecule has 5 rings (SSSR count). The molecular weight excluding hydrogens is 380 g/mol. The summed E-state index contributed by atoms with van der Waals surface area (Å²) in [5.74, 6) is 2.69. The smallest absolute Gasteiger partial charge is 0.217 e. The van der Waals surface area contributed by atoms with E-state index in [1.165, 1.54) is 18.4 Å². The van der Waals surface area contributed by atoms with Crippen molar-refractivity contribution in [1.82, 2.24) is 30.8 Å². The summed E-state index contributed by atoms with van der Waals surface area (Å²) in [5.41, 5.74) is 2.26. The van der Waals surface area contributed by atoms with Gasteiger partial charge in [0.15, 0.2) is 0 Å². The summed E-state index contributed by atoms with van der Waals surface area (Å²) in [6.45, 7) is 5.60. The van der Waals surface area contributed by atoms with Crippen LogP contribution >= 0.6 is 0 Å². The van der Waals surface area contributed by atoms with E-state index >= 15 is 0 Å². The van der Waals surface area contributed by atoms with Gasteiger partial charge in [0.25, 0.3) is 0 Å². The van der Waals surface area contributed by atoms with E-state index in [-0.39, 0.29) is 18.1 Å². The highest BCUT2D eigenvalue weighted by Gasteiger charge is 2.43. The van der Waals surface area contributed by atoms with Crippen LogP contribution in [0.5, 0.6) is 0 Å². The molecular formula is C22H30N6O2. The van der Waals surface area contributed by atoms with Crippen LogP contribution < -0.4 is 5.32 Å². The molecule has 2 aliphatic carbocycles. The lowest BCUT2D eigenvalue weighted by Gasteiger charge is -2.38. The molecule has 3 fully saturated rings. The summed E-state index contributed by atoms with van der Waals surface area (Å²) < 4.78 is 6.28. The van der Waals surface area contributed by atoms with Gasteiger partial charge in [-0.05, 0) is 54.2 Å². The third-order valence-corrected chi connectivity index (χ3v) is 6.79. The van der Waals surface area contributed by atoms with Gasteiger partial charge in [0, 0.05) is 38.7 Å². The van der Waals surface area contributed by atoms with E-state index in [2.05, 4.69) is 55.1 Å². The highest BCUT2D eigenvalue weighted by atomic mass is 16.5. The number of nitrogens with zero attached hydrogens (tertiary/aromatic N) is 4. The van der Waals surface area contributed by atoms with Crippen molar-refractivity contribution in [3.63, 3.8) is 0 Å². The van der Waals surface area contributed by atoms with Gasteiger partial charge in [-0.1, -0.05) is 24.3 Å². The fraction of sp³-hybridized carbons (Fsp3) is 0.636. The van der Waals surface area contributed by atoms with E-state index in [4.69, 9.17) is 4.74 Å². The topological polar surface area (TPSA) is 96.0 Å². The number of nitrogens with one attached hydrogen (secondary N) is 2. The number of carbonyl (C=O) groups excluding carboxylic acids is 1. The normalized spacial score (nSPS) is 29.0. The Bertz CT molecular complexity index is 851. The quantitative estimate of drug-likeness (QED) is 0.725. The van der Waals surface area contributed by atoms with Gasteiger partial charge in [-0.25, -0.2) is 0 Å². The first-order chi connectivity index (χ1) is 14.6. The van der Waals surface area contributed by atoms with E-state index in [1.54, 1.807) is 6.92 Å². The molecule has 0 spiro atoms. The number of H-pyrrole nitrogens is 1. The van der Waals surface area contributed by atoms with Crippen molar-refractivity contribution in [2.24, 2.45) is 17.8 Å². The zero-order valence-corrected chi connectivity index (χ0v) is 17.5. The zero-order valence-electron chi connectivity index (χ0n) is 17.5. The van der Waals surface area contributed by atoms with Crippen molar-refractivity contribution >= 4 is 5.91 Å². The standard InChI is InChI=1S/C22H30N6O2/c1-14(29)23-20-8-18-11-28(12-19(18)9-21(20)30-13-16-2-3-16)10-15-4-6-17(7-5-15)22-24-26-27-25-22/h4-7,16,18-21H,2-3,8-13H2,1H3,(H,23,29)(H,24,25,26,27)/t18-,19+,20-,21-/m1/s1. The van der Waals surface area contributed by atoms with E-state index < -0.39 is 0 Å². The second-order valence-electron chi connectivity index (χ2n) is 9.24. The molecule has 1 aromatic heterocycles. The molecule has 0 radical (unpaired) electrons. The third-order valence-electron chi connectivity index (χ3n) is 6.79. The summed E-state index contributed by atoms with van der Waals surface area (Å²) >= 11 is 0. The molecule has 1 aliphatic heterocycles. The molecule has 0 bridgehead atoms. The molecule has 3 aliphatic rings. The number of hydrogen-bond acceptors (Lipinski definition) is 6. The minimum absolute atomic E-state index is 0.0509. The lowest BCUT2D eigenvalue weighted by atomic mass is 9.77. The van der Waals surface area contributed by atoms with Crippen LogP contribution in [0, 0.1) is 17.8 Å². The number of tetrazole rings is 1. The molecule has 1 amide bonds. The van der Waals surface area contributed by atoms with E-state index in [9.17, 15) is 4.79 Å². The Morgan fingerprint density at radius 2 is 1.97 bits per heavy atom.